The van der Waals surface area contributed by atoms with Crippen molar-refractivity contribution in [3.8, 4) is 0 Å². The van der Waals surface area contributed by atoms with Gasteiger partial charge in [-0.25, -0.2) is 0 Å². The van der Waals surface area contributed by atoms with Crippen LogP contribution in [0.25, 0.3) is 0 Å². The van der Waals surface area contributed by atoms with Gasteiger partial charge in [-0.15, -0.1) is 0 Å². The van der Waals surface area contributed by atoms with Crippen molar-refractivity contribution in [1.82, 2.24) is 5.32 Å². The number of likely N-dealkylation sites (N-methyl/N-ethyl adjacent to an activating group) is 1. The van der Waals surface area contributed by atoms with E-state index in [1.165, 1.54) is 6.08 Å². The number of aliphatic hydroxyl groups excluding tert-OH is 4. The summed E-state index contributed by atoms with van der Waals surface area (Å²) >= 11 is 0. The fourth-order valence-corrected chi connectivity index (χ4v) is 0.268. The Morgan fingerprint density at radius 3 is 1.71 bits per heavy atom. The van der Waals surface area contributed by atoms with E-state index >= 15 is 0 Å². The average Bonchev–Trinajstić information content (AvgIpc) is 2.27. The highest BCUT2D eigenvalue weighted by molar-refractivity contribution is 4.80. The van der Waals surface area contributed by atoms with Crippen molar-refractivity contribution in [1.29, 1.82) is 0 Å². The van der Waals surface area contributed by atoms with Crippen LogP contribution in [0.1, 0.15) is 0 Å². The second kappa shape index (κ2) is 9.07. The van der Waals surface area contributed by atoms with Crippen molar-refractivity contribution >= 4 is 0 Å². The van der Waals surface area contributed by atoms with Gasteiger partial charge in [-0.3, -0.25) is 5.32 Å². The van der Waals surface area contributed by atoms with Crippen LogP contribution in [0.5, 0.6) is 0 Å². The van der Waals surface area contributed by atoms with Crippen LogP contribution in [-0.4, -0.2) is 59.1 Å². The van der Waals surface area contributed by atoms with E-state index in [2.05, 4.69) is 11.9 Å². The summed E-state index contributed by atoms with van der Waals surface area (Å²) in [4.78, 5) is 0. The molecule has 86 valence electrons. The van der Waals surface area contributed by atoms with Crippen LogP contribution in [0, 0.1) is 0 Å². The number of nitrogens with one attached hydrogen (secondary N) is 1. The van der Waals surface area contributed by atoms with Gasteiger partial charge in [0.1, 0.15) is 6.23 Å². The molecule has 0 fully saturated rings. The van der Waals surface area contributed by atoms with Gasteiger partial charge in [-0.2, -0.15) is 0 Å². The lowest BCUT2D eigenvalue weighted by Crippen LogP contribution is -2.50. The molecule has 0 saturated carbocycles. The van der Waals surface area contributed by atoms with Crippen molar-refractivity contribution in [2.24, 2.45) is 5.73 Å². The average molecular weight is 208 g/mol. The Balaban J connectivity index is 0. The molecule has 0 aliphatic carbocycles. The highest BCUT2D eigenvalue weighted by Gasteiger charge is 2.20. The SMILES string of the molecule is C=CC(O)NC.NC(CO)(CO)CO. The molecule has 0 saturated heterocycles. The van der Waals surface area contributed by atoms with E-state index in [0.717, 1.165) is 0 Å². The first-order chi connectivity index (χ1) is 6.49. The number of hydrogen-bond donors (Lipinski definition) is 6. The van der Waals surface area contributed by atoms with Crippen molar-refractivity contribution in [2.45, 2.75) is 11.8 Å². The largest absolute Gasteiger partial charge is 0.394 e. The normalized spacial score (nSPS) is 12.7. The quantitative estimate of drug-likeness (QED) is 0.217. The molecule has 0 aliphatic rings. The van der Waals surface area contributed by atoms with E-state index in [4.69, 9.17) is 26.2 Å². The van der Waals surface area contributed by atoms with Crippen molar-refractivity contribution in [3.63, 3.8) is 0 Å². The van der Waals surface area contributed by atoms with Gasteiger partial charge in [0, 0.05) is 0 Å². The molecule has 6 nitrogen and oxygen atoms in total. The fourth-order valence-electron chi connectivity index (χ4n) is 0.268. The minimum absolute atomic E-state index is 0.403. The van der Waals surface area contributed by atoms with E-state index < -0.39 is 31.6 Å². The Hall–Kier alpha value is -0.500. The second-order valence-electron chi connectivity index (χ2n) is 2.81. The van der Waals surface area contributed by atoms with Gasteiger partial charge in [-0.1, -0.05) is 6.58 Å². The number of aliphatic hydroxyl groups is 4. The third-order valence-corrected chi connectivity index (χ3v) is 1.46. The van der Waals surface area contributed by atoms with E-state index in [0.29, 0.717) is 0 Å². The molecule has 14 heavy (non-hydrogen) atoms. The number of hydrogen-bond acceptors (Lipinski definition) is 6. The zero-order chi connectivity index (χ0) is 11.6. The fraction of sp³-hybridized carbons (Fsp3) is 0.750. The van der Waals surface area contributed by atoms with Crippen molar-refractivity contribution < 1.29 is 20.4 Å². The van der Waals surface area contributed by atoms with E-state index in [1.807, 2.05) is 0 Å². The Kier molecular flexibility index (Phi) is 10.3. The minimum Gasteiger partial charge on any atom is -0.394 e. The maximum absolute atomic E-state index is 8.44. The summed E-state index contributed by atoms with van der Waals surface area (Å²) < 4.78 is 0. The van der Waals surface area contributed by atoms with Crippen LogP contribution in [0.15, 0.2) is 12.7 Å². The molecule has 0 aromatic heterocycles. The molecular weight excluding hydrogens is 188 g/mol. The highest BCUT2D eigenvalue weighted by atomic mass is 16.3. The summed E-state index contributed by atoms with van der Waals surface area (Å²) in [6.45, 7) is 2.11. The molecule has 6 heteroatoms. The van der Waals surface area contributed by atoms with Gasteiger partial charge in [0.25, 0.3) is 0 Å². The summed E-state index contributed by atoms with van der Waals surface area (Å²) in [6.07, 6.45) is 0.866. The Morgan fingerprint density at radius 2 is 1.71 bits per heavy atom. The van der Waals surface area contributed by atoms with Crippen LogP contribution in [-0.2, 0) is 0 Å². The van der Waals surface area contributed by atoms with Gasteiger partial charge in [0.15, 0.2) is 0 Å². The van der Waals surface area contributed by atoms with Crippen LogP contribution >= 0.6 is 0 Å². The maximum atomic E-state index is 8.44. The van der Waals surface area contributed by atoms with Crippen molar-refractivity contribution in [3.05, 3.63) is 12.7 Å². The minimum atomic E-state index is -1.21. The summed E-state index contributed by atoms with van der Waals surface area (Å²) in [6, 6.07) is 0. The van der Waals surface area contributed by atoms with Gasteiger partial charge in [0.05, 0.1) is 25.4 Å². The topological polar surface area (TPSA) is 119 Å². The van der Waals surface area contributed by atoms with Crippen LogP contribution in [0.4, 0.5) is 0 Å². The summed E-state index contributed by atoms with van der Waals surface area (Å²) in [5, 5.41) is 36.0. The van der Waals surface area contributed by atoms with Crippen LogP contribution < -0.4 is 11.1 Å². The van der Waals surface area contributed by atoms with E-state index in [9.17, 15) is 0 Å². The molecule has 0 aliphatic heterocycles. The summed E-state index contributed by atoms with van der Waals surface area (Å²) in [5.74, 6) is 0. The molecule has 1 atom stereocenters. The molecule has 0 aromatic carbocycles. The molecule has 0 bridgehead atoms. The van der Waals surface area contributed by atoms with Gasteiger partial charge >= 0.3 is 0 Å². The molecule has 7 N–H and O–H groups in total. The Labute approximate surface area is 83.7 Å². The molecule has 0 amide bonds. The van der Waals surface area contributed by atoms with E-state index in [1.54, 1.807) is 7.05 Å². The monoisotopic (exact) mass is 208 g/mol. The molecule has 1 unspecified atom stereocenters. The maximum Gasteiger partial charge on any atom is 0.123 e. The molecule has 0 spiro atoms. The predicted octanol–water partition coefficient (Wildman–Crippen LogP) is -2.63. The molecule has 0 rings (SSSR count). The lowest BCUT2D eigenvalue weighted by molar-refractivity contribution is 0.0698. The zero-order valence-corrected chi connectivity index (χ0v) is 8.35. The van der Waals surface area contributed by atoms with Crippen LogP contribution in [0.3, 0.4) is 0 Å². The van der Waals surface area contributed by atoms with Gasteiger partial charge in [-0.05, 0) is 13.1 Å². The van der Waals surface area contributed by atoms with Crippen molar-refractivity contribution in [2.75, 3.05) is 26.9 Å². The smallest absolute Gasteiger partial charge is 0.123 e. The first-order valence-electron chi connectivity index (χ1n) is 4.09. The third-order valence-electron chi connectivity index (χ3n) is 1.46. The van der Waals surface area contributed by atoms with Gasteiger partial charge < -0.3 is 26.2 Å². The third kappa shape index (κ3) is 8.11. The van der Waals surface area contributed by atoms with Gasteiger partial charge in [0.2, 0.25) is 0 Å². The highest BCUT2D eigenvalue weighted by Crippen LogP contribution is 1.93. The molecule has 0 heterocycles. The summed E-state index contributed by atoms with van der Waals surface area (Å²) in [5.41, 5.74) is 3.94. The second-order valence-corrected chi connectivity index (χ2v) is 2.81. The van der Waals surface area contributed by atoms with E-state index in [-0.39, 0.29) is 0 Å². The zero-order valence-electron chi connectivity index (χ0n) is 8.35. The number of rotatable bonds is 5. The lowest BCUT2D eigenvalue weighted by atomic mass is 10.1. The van der Waals surface area contributed by atoms with Crippen LogP contribution in [0.2, 0.25) is 0 Å². The Bertz CT molecular complexity index is 131. The first kappa shape index (κ1) is 15.9. The molecular formula is C8H20N2O4. The number of nitrogens with two attached hydrogens (primary N) is 1. The summed E-state index contributed by atoms with van der Waals surface area (Å²) in [7, 11) is 1.66. The molecule has 0 radical (unpaired) electrons. The first-order valence-corrected chi connectivity index (χ1v) is 4.09. The standard InChI is InChI=1S/C4H11NO3.C4H9NO/c5-4(1-6,2-7)3-8;1-3-4(6)5-2/h6-8H,1-3,5H2;3-6H,1H2,2H3. The lowest BCUT2D eigenvalue weighted by Gasteiger charge is -2.20. The predicted molar refractivity (Wildman–Crippen MR) is 53.4 cm³/mol. The Morgan fingerprint density at radius 1 is 1.36 bits per heavy atom. The molecule has 0 aromatic rings.